The summed E-state index contributed by atoms with van der Waals surface area (Å²) in [5.41, 5.74) is 8.83. The van der Waals surface area contributed by atoms with Gasteiger partial charge in [-0.25, -0.2) is 0 Å². The molecule has 2 N–H and O–H groups in total. The lowest BCUT2D eigenvalue weighted by molar-refractivity contribution is -0.274. The molecule has 0 saturated heterocycles. The molecule has 1 atom stereocenters. The van der Waals surface area contributed by atoms with Crippen LogP contribution in [0.1, 0.15) is 87.7 Å². The Labute approximate surface area is 240 Å². The number of carbonyl (C=O) groups excluding carboxylic acids is 1. The van der Waals surface area contributed by atoms with Crippen molar-refractivity contribution in [3.05, 3.63) is 65.9 Å². The van der Waals surface area contributed by atoms with Crippen LogP contribution < -0.4 is 10.5 Å². The lowest BCUT2D eigenvalue weighted by Gasteiger charge is -2.26. The summed E-state index contributed by atoms with van der Waals surface area (Å²) in [6, 6.07) is 14.6. The van der Waals surface area contributed by atoms with Crippen molar-refractivity contribution in [3.63, 3.8) is 0 Å². The average molecular weight is 577 g/mol. The fourth-order valence-electron chi connectivity index (χ4n) is 6.71. The maximum atomic E-state index is 13.5. The Balaban J connectivity index is 0.00000370. The predicted octanol–water partition coefficient (Wildman–Crippen LogP) is 8.54. The van der Waals surface area contributed by atoms with Gasteiger partial charge < -0.3 is 15.0 Å². The van der Waals surface area contributed by atoms with Crippen LogP contribution in [0.15, 0.2) is 54.7 Å². The Bertz CT molecular complexity index is 1260. The highest BCUT2D eigenvalue weighted by Crippen LogP contribution is 2.39. The number of fused-ring (bicyclic) bond motifs is 1. The Morgan fingerprint density at radius 1 is 0.950 bits per heavy atom. The summed E-state index contributed by atoms with van der Waals surface area (Å²) in [7, 11) is 0. The number of benzene rings is 2. The molecule has 1 unspecified atom stereocenters. The molecule has 0 radical (unpaired) electrons. The van der Waals surface area contributed by atoms with E-state index >= 15 is 0 Å². The first-order chi connectivity index (χ1) is 18.7. The van der Waals surface area contributed by atoms with E-state index in [1.165, 1.54) is 44.2 Å². The number of hydrogen-bond acceptors (Lipinski definition) is 3. The zero-order valence-electron chi connectivity index (χ0n) is 22.9. The Hall–Kier alpha value is -2.51. The van der Waals surface area contributed by atoms with E-state index in [1.54, 1.807) is 6.07 Å². The van der Waals surface area contributed by atoms with Gasteiger partial charge in [-0.05, 0) is 79.7 Å². The second-order valence-electron chi connectivity index (χ2n) is 11.7. The molecule has 1 aromatic heterocycles. The van der Waals surface area contributed by atoms with Crippen molar-refractivity contribution in [2.75, 3.05) is 0 Å². The van der Waals surface area contributed by atoms with Crippen LogP contribution >= 0.6 is 12.4 Å². The van der Waals surface area contributed by atoms with Gasteiger partial charge in [0.15, 0.2) is 0 Å². The van der Waals surface area contributed by atoms with Gasteiger partial charge in [0.05, 0.1) is 0 Å². The van der Waals surface area contributed by atoms with Gasteiger partial charge in [-0.1, -0.05) is 49.6 Å². The molecule has 0 bridgehead atoms. The first-order valence-corrected chi connectivity index (χ1v) is 14.5. The molecule has 2 aromatic carbocycles. The van der Waals surface area contributed by atoms with Crippen molar-refractivity contribution in [1.29, 1.82) is 0 Å². The van der Waals surface area contributed by atoms with Crippen LogP contribution in [0.5, 0.6) is 5.75 Å². The second-order valence-corrected chi connectivity index (χ2v) is 11.7. The van der Waals surface area contributed by atoms with Crippen LogP contribution in [0, 0.1) is 11.8 Å². The first kappa shape index (κ1) is 30.4. The van der Waals surface area contributed by atoms with Crippen LogP contribution in [0.25, 0.3) is 10.9 Å². The van der Waals surface area contributed by atoms with Crippen LogP contribution in [-0.2, 0) is 11.3 Å². The van der Waals surface area contributed by atoms with Crippen molar-refractivity contribution in [2.24, 2.45) is 17.6 Å². The van der Waals surface area contributed by atoms with Gasteiger partial charge in [0.25, 0.3) is 0 Å². The fourth-order valence-corrected chi connectivity index (χ4v) is 6.71. The summed E-state index contributed by atoms with van der Waals surface area (Å²) in [6.07, 6.45) is 8.12. The number of ether oxygens (including phenoxy) is 1. The van der Waals surface area contributed by atoms with E-state index in [9.17, 15) is 18.0 Å². The van der Waals surface area contributed by atoms with Crippen LogP contribution in [0.4, 0.5) is 13.2 Å². The summed E-state index contributed by atoms with van der Waals surface area (Å²) in [5.74, 6) is 0.461. The Morgan fingerprint density at radius 3 is 2.40 bits per heavy atom. The van der Waals surface area contributed by atoms with Gasteiger partial charge in [0, 0.05) is 48.4 Å². The minimum Gasteiger partial charge on any atom is -0.406 e. The van der Waals surface area contributed by atoms with Crippen molar-refractivity contribution >= 4 is 29.1 Å². The van der Waals surface area contributed by atoms with Gasteiger partial charge in [-0.3, -0.25) is 4.79 Å². The number of aromatic nitrogens is 1. The van der Waals surface area contributed by atoms with Gasteiger partial charge in [0.2, 0.25) is 0 Å². The van der Waals surface area contributed by atoms with Gasteiger partial charge >= 0.3 is 6.36 Å². The summed E-state index contributed by atoms with van der Waals surface area (Å²) in [6.45, 7) is 0.917. The molecule has 0 spiro atoms. The Morgan fingerprint density at radius 2 is 1.68 bits per heavy atom. The largest absolute Gasteiger partial charge is 0.573 e. The monoisotopic (exact) mass is 576 g/mol. The number of hydrogen-bond donors (Lipinski definition) is 1. The molecule has 2 fully saturated rings. The van der Waals surface area contributed by atoms with Crippen molar-refractivity contribution in [3.8, 4) is 5.75 Å². The summed E-state index contributed by atoms with van der Waals surface area (Å²) >= 11 is 0. The van der Waals surface area contributed by atoms with Crippen LogP contribution in [0.2, 0.25) is 0 Å². The predicted molar refractivity (Wildman–Crippen MR) is 155 cm³/mol. The molecule has 0 aliphatic heterocycles. The molecule has 218 valence electrons. The zero-order chi connectivity index (χ0) is 27.4. The van der Waals surface area contributed by atoms with E-state index in [1.807, 2.05) is 18.2 Å². The molecule has 3 aromatic rings. The summed E-state index contributed by atoms with van der Waals surface area (Å²) in [5, 5.41) is 1.05. The number of carbonyl (C=O) groups is 1. The first-order valence-electron chi connectivity index (χ1n) is 14.5. The molecular weight excluding hydrogens is 537 g/mol. The SMILES string of the molecule is Cl.NC1CCC(CC(=O)CC(c2cccc(OC(F)(F)F)c2)c2cn(CC3CCCCC3)c3ccccc23)CC1. The lowest BCUT2D eigenvalue weighted by atomic mass is 9.80. The number of nitrogens with zero attached hydrogens (tertiary/aromatic N) is 1. The maximum Gasteiger partial charge on any atom is 0.573 e. The van der Waals surface area contributed by atoms with Gasteiger partial charge in [-0.15, -0.1) is 25.6 Å². The van der Waals surface area contributed by atoms with Crippen LogP contribution in [0.3, 0.4) is 0 Å². The molecule has 40 heavy (non-hydrogen) atoms. The molecular formula is C32H40ClF3N2O2. The molecule has 2 saturated carbocycles. The maximum absolute atomic E-state index is 13.5. The van der Waals surface area contributed by atoms with E-state index in [-0.39, 0.29) is 42.3 Å². The molecule has 8 heteroatoms. The van der Waals surface area contributed by atoms with Crippen LogP contribution in [-0.4, -0.2) is 22.8 Å². The quantitative estimate of drug-likeness (QED) is 0.278. The summed E-state index contributed by atoms with van der Waals surface area (Å²) < 4.78 is 45.7. The molecule has 5 rings (SSSR count). The lowest BCUT2D eigenvalue weighted by Crippen LogP contribution is -2.27. The third kappa shape index (κ3) is 7.82. The second kappa shape index (κ2) is 13.4. The van der Waals surface area contributed by atoms with E-state index in [2.05, 4.69) is 27.6 Å². The minimum atomic E-state index is -4.78. The topological polar surface area (TPSA) is 57.3 Å². The number of halogens is 4. The number of alkyl halides is 3. The average Bonchev–Trinajstić information content (AvgIpc) is 3.26. The number of Topliss-reactive ketones (excluding diaryl/α,β-unsaturated/α-hetero) is 1. The number of rotatable bonds is 9. The smallest absolute Gasteiger partial charge is 0.406 e. The van der Waals surface area contributed by atoms with E-state index < -0.39 is 6.36 Å². The third-order valence-electron chi connectivity index (χ3n) is 8.71. The molecule has 2 aliphatic carbocycles. The number of nitrogens with two attached hydrogens (primary N) is 1. The minimum absolute atomic E-state index is 0. The van der Waals surface area contributed by atoms with E-state index in [0.717, 1.165) is 48.7 Å². The Kier molecular flexibility index (Phi) is 10.2. The summed E-state index contributed by atoms with van der Waals surface area (Å²) in [4.78, 5) is 13.5. The van der Waals surface area contributed by atoms with Gasteiger partial charge in [0.1, 0.15) is 11.5 Å². The van der Waals surface area contributed by atoms with E-state index in [0.29, 0.717) is 23.8 Å². The highest BCUT2D eigenvalue weighted by molar-refractivity contribution is 5.87. The van der Waals surface area contributed by atoms with Crippen molar-refractivity contribution in [2.45, 2.75) is 95.5 Å². The van der Waals surface area contributed by atoms with Crippen molar-refractivity contribution in [1.82, 2.24) is 4.57 Å². The van der Waals surface area contributed by atoms with Gasteiger partial charge in [-0.2, -0.15) is 0 Å². The fraction of sp³-hybridized carbons (Fsp3) is 0.531. The third-order valence-corrected chi connectivity index (χ3v) is 8.71. The highest BCUT2D eigenvalue weighted by atomic mass is 35.5. The highest BCUT2D eigenvalue weighted by Gasteiger charge is 2.32. The molecule has 0 amide bonds. The molecule has 2 aliphatic rings. The normalized spacial score (nSPS) is 21.1. The zero-order valence-corrected chi connectivity index (χ0v) is 23.7. The molecule has 1 heterocycles. The number of ketones is 1. The van der Waals surface area contributed by atoms with Crippen molar-refractivity contribution < 1.29 is 22.7 Å². The standard InChI is InChI=1S/C32H39F3N2O2.ClH/c33-32(34,35)39-27-10-6-9-24(18-27)29(19-26(38)17-22-13-15-25(36)16-14-22)30-21-37(20-23-7-2-1-3-8-23)31-12-5-4-11-28(30)31;/h4-6,9-12,18,21-23,25,29H,1-3,7-8,13-17,19-20,36H2;1H. The number of para-hydroxylation sites is 1. The van der Waals surface area contributed by atoms with E-state index in [4.69, 9.17) is 5.73 Å². The molecule has 4 nitrogen and oxygen atoms in total.